The van der Waals surface area contributed by atoms with E-state index in [4.69, 9.17) is 5.73 Å². The Morgan fingerprint density at radius 2 is 1.94 bits per heavy atom. The van der Waals surface area contributed by atoms with Crippen molar-refractivity contribution >= 4 is 5.82 Å². The number of aromatic nitrogens is 4. The Balaban J connectivity index is 2.29. The van der Waals surface area contributed by atoms with Crippen LogP contribution in [-0.4, -0.2) is 19.7 Å². The Hall–Kier alpha value is -1.91. The summed E-state index contributed by atoms with van der Waals surface area (Å²) in [7, 11) is 0. The summed E-state index contributed by atoms with van der Waals surface area (Å²) < 4.78 is 1.97. The van der Waals surface area contributed by atoms with E-state index in [1.807, 2.05) is 11.6 Å². The van der Waals surface area contributed by atoms with Gasteiger partial charge in [0.2, 0.25) is 0 Å². The van der Waals surface area contributed by atoms with Crippen LogP contribution in [0.4, 0.5) is 5.82 Å². The number of aryl methyl sites for hydroxylation is 3. The molecular weight excluding hydrogens is 226 g/mol. The molecule has 0 unspecified atom stereocenters. The molecule has 0 atom stereocenters. The largest absolute Gasteiger partial charge is 0.384 e. The summed E-state index contributed by atoms with van der Waals surface area (Å²) in [5.41, 5.74) is 8.93. The summed E-state index contributed by atoms with van der Waals surface area (Å²) in [5.74, 6) is 1.23. The summed E-state index contributed by atoms with van der Waals surface area (Å²) in [6.45, 7) is 6.73. The first kappa shape index (κ1) is 12.5. The maximum Gasteiger partial charge on any atom is 0.152 e. The van der Waals surface area contributed by atoms with Gasteiger partial charge in [0.05, 0.1) is 5.69 Å². The number of nitrogens with zero attached hydrogens (tertiary/aromatic N) is 4. The smallest absolute Gasteiger partial charge is 0.152 e. The number of rotatable bonds is 4. The molecule has 0 aliphatic carbocycles. The summed E-state index contributed by atoms with van der Waals surface area (Å²) in [6, 6.07) is 3.91. The van der Waals surface area contributed by atoms with E-state index in [9.17, 15) is 0 Å². The molecule has 2 aromatic rings. The van der Waals surface area contributed by atoms with Crippen molar-refractivity contribution in [3.63, 3.8) is 0 Å². The van der Waals surface area contributed by atoms with Gasteiger partial charge in [0, 0.05) is 17.5 Å². The Morgan fingerprint density at radius 3 is 2.56 bits per heavy atom. The number of anilines is 1. The SMILES string of the molecule is CCc1cc(CC)n(Cc2nc(C)cc(N)n2)n1. The van der Waals surface area contributed by atoms with Gasteiger partial charge in [-0.05, 0) is 25.8 Å². The van der Waals surface area contributed by atoms with Gasteiger partial charge in [-0.15, -0.1) is 0 Å². The lowest BCUT2D eigenvalue weighted by molar-refractivity contribution is 0.615. The molecule has 0 aliphatic rings. The lowest BCUT2D eigenvalue weighted by Crippen LogP contribution is -2.10. The minimum atomic E-state index is 0.512. The van der Waals surface area contributed by atoms with Gasteiger partial charge in [-0.25, -0.2) is 9.97 Å². The van der Waals surface area contributed by atoms with Crippen LogP contribution >= 0.6 is 0 Å². The molecule has 5 heteroatoms. The van der Waals surface area contributed by atoms with E-state index in [0.717, 1.165) is 24.2 Å². The number of hydrogen-bond acceptors (Lipinski definition) is 4. The summed E-state index contributed by atoms with van der Waals surface area (Å²) in [4.78, 5) is 8.63. The molecule has 0 radical (unpaired) electrons. The zero-order chi connectivity index (χ0) is 13.1. The molecule has 0 fully saturated rings. The summed E-state index contributed by atoms with van der Waals surface area (Å²) in [6.07, 6.45) is 1.89. The van der Waals surface area contributed by atoms with Crippen LogP contribution in [-0.2, 0) is 19.4 Å². The first-order valence-electron chi connectivity index (χ1n) is 6.28. The molecule has 5 nitrogen and oxygen atoms in total. The number of nitrogens with two attached hydrogens (primary N) is 1. The molecule has 2 rings (SSSR count). The van der Waals surface area contributed by atoms with Gasteiger partial charge in [0.25, 0.3) is 0 Å². The molecule has 18 heavy (non-hydrogen) atoms. The minimum Gasteiger partial charge on any atom is -0.384 e. The van der Waals surface area contributed by atoms with Crippen LogP contribution in [0.3, 0.4) is 0 Å². The highest BCUT2D eigenvalue weighted by molar-refractivity contribution is 5.29. The highest BCUT2D eigenvalue weighted by atomic mass is 15.3. The van der Waals surface area contributed by atoms with E-state index in [0.29, 0.717) is 18.2 Å². The van der Waals surface area contributed by atoms with Crippen molar-refractivity contribution in [1.29, 1.82) is 0 Å². The van der Waals surface area contributed by atoms with Crippen molar-refractivity contribution in [3.05, 3.63) is 35.0 Å². The molecule has 0 bridgehead atoms. The first-order chi connectivity index (χ1) is 8.62. The van der Waals surface area contributed by atoms with E-state index >= 15 is 0 Å². The van der Waals surface area contributed by atoms with Gasteiger partial charge in [-0.2, -0.15) is 5.10 Å². The van der Waals surface area contributed by atoms with Gasteiger partial charge in [0.1, 0.15) is 12.4 Å². The molecule has 0 saturated heterocycles. The molecule has 2 aromatic heterocycles. The Kier molecular flexibility index (Phi) is 3.60. The van der Waals surface area contributed by atoms with E-state index in [2.05, 4.69) is 35.0 Å². The van der Waals surface area contributed by atoms with E-state index in [1.165, 1.54) is 5.69 Å². The molecule has 0 aromatic carbocycles. The van der Waals surface area contributed by atoms with Crippen LogP contribution in [0.2, 0.25) is 0 Å². The van der Waals surface area contributed by atoms with Crippen molar-refractivity contribution in [2.75, 3.05) is 5.73 Å². The Labute approximate surface area is 107 Å². The monoisotopic (exact) mass is 245 g/mol. The van der Waals surface area contributed by atoms with Gasteiger partial charge in [-0.3, -0.25) is 4.68 Å². The standard InChI is InChI=1S/C13H19N5/c1-4-10-7-11(5-2)18(17-10)8-13-15-9(3)6-12(14)16-13/h6-7H,4-5,8H2,1-3H3,(H2,14,15,16). The molecule has 2 heterocycles. The molecular formula is C13H19N5. The molecule has 96 valence electrons. The third kappa shape index (κ3) is 2.67. The van der Waals surface area contributed by atoms with E-state index in [1.54, 1.807) is 6.07 Å². The number of nitrogen functional groups attached to an aromatic ring is 1. The highest BCUT2D eigenvalue weighted by Gasteiger charge is 2.08. The molecule has 0 aliphatic heterocycles. The normalized spacial score (nSPS) is 10.8. The lowest BCUT2D eigenvalue weighted by Gasteiger charge is -2.06. The predicted molar refractivity (Wildman–Crippen MR) is 71.3 cm³/mol. The minimum absolute atomic E-state index is 0.512. The van der Waals surface area contributed by atoms with Gasteiger partial charge >= 0.3 is 0 Å². The van der Waals surface area contributed by atoms with Gasteiger partial charge < -0.3 is 5.73 Å². The fourth-order valence-electron chi connectivity index (χ4n) is 1.97. The zero-order valence-electron chi connectivity index (χ0n) is 11.1. The molecule has 0 saturated carbocycles. The van der Waals surface area contributed by atoms with Crippen LogP contribution in [0, 0.1) is 6.92 Å². The maximum atomic E-state index is 5.73. The predicted octanol–water partition coefficient (Wildman–Crippen LogP) is 1.74. The van der Waals surface area contributed by atoms with Crippen LogP contribution in [0.5, 0.6) is 0 Å². The van der Waals surface area contributed by atoms with Gasteiger partial charge in [0.15, 0.2) is 5.82 Å². The third-order valence-electron chi connectivity index (χ3n) is 2.85. The quantitative estimate of drug-likeness (QED) is 0.890. The van der Waals surface area contributed by atoms with Crippen molar-refractivity contribution in [2.45, 2.75) is 40.2 Å². The fraction of sp³-hybridized carbons (Fsp3) is 0.462. The molecule has 2 N–H and O–H groups in total. The zero-order valence-corrected chi connectivity index (χ0v) is 11.1. The highest BCUT2D eigenvalue weighted by Crippen LogP contribution is 2.09. The van der Waals surface area contributed by atoms with Crippen molar-refractivity contribution in [2.24, 2.45) is 0 Å². The molecule has 0 amide bonds. The summed E-state index contributed by atoms with van der Waals surface area (Å²) >= 11 is 0. The van der Waals surface area contributed by atoms with Crippen LogP contribution in [0.25, 0.3) is 0 Å². The van der Waals surface area contributed by atoms with Crippen LogP contribution < -0.4 is 5.73 Å². The first-order valence-corrected chi connectivity index (χ1v) is 6.28. The average Bonchev–Trinajstić information content (AvgIpc) is 2.70. The average molecular weight is 245 g/mol. The maximum absolute atomic E-state index is 5.73. The van der Waals surface area contributed by atoms with Crippen LogP contribution in [0.1, 0.15) is 36.8 Å². The second-order valence-corrected chi connectivity index (χ2v) is 4.34. The topological polar surface area (TPSA) is 69.6 Å². The third-order valence-corrected chi connectivity index (χ3v) is 2.85. The molecule has 0 spiro atoms. The number of hydrogen-bond donors (Lipinski definition) is 1. The second kappa shape index (κ2) is 5.16. The Bertz CT molecular complexity index is 524. The van der Waals surface area contributed by atoms with Crippen LogP contribution in [0.15, 0.2) is 12.1 Å². The van der Waals surface area contributed by atoms with E-state index in [-0.39, 0.29) is 0 Å². The van der Waals surface area contributed by atoms with Gasteiger partial charge in [-0.1, -0.05) is 13.8 Å². The second-order valence-electron chi connectivity index (χ2n) is 4.34. The van der Waals surface area contributed by atoms with Crippen molar-refractivity contribution < 1.29 is 0 Å². The lowest BCUT2D eigenvalue weighted by atomic mass is 10.2. The summed E-state index contributed by atoms with van der Waals surface area (Å²) in [5, 5.41) is 4.55. The Morgan fingerprint density at radius 1 is 1.17 bits per heavy atom. The van der Waals surface area contributed by atoms with Crippen molar-refractivity contribution in [1.82, 2.24) is 19.7 Å². The fourth-order valence-corrected chi connectivity index (χ4v) is 1.97. The van der Waals surface area contributed by atoms with E-state index < -0.39 is 0 Å². The van der Waals surface area contributed by atoms with Crippen molar-refractivity contribution in [3.8, 4) is 0 Å².